The molecule has 2 rings (SSSR count). The molecule has 0 saturated carbocycles. The second-order valence-electron chi connectivity index (χ2n) is 3.20. The standard InChI is InChI=1S/C12H11NOS/c1-2-9-5-3-4-6-11(9)12-13-7-10(8-14)15-12/h3-8H,2H2,1H3. The minimum absolute atomic E-state index is 0.677. The fourth-order valence-electron chi connectivity index (χ4n) is 1.50. The van der Waals surface area contributed by atoms with Crippen LogP contribution in [0.25, 0.3) is 10.6 Å². The molecule has 0 aliphatic rings. The minimum atomic E-state index is 0.677. The molecule has 0 bridgehead atoms. The Morgan fingerprint density at radius 1 is 1.40 bits per heavy atom. The van der Waals surface area contributed by atoms with Crippen LogP contribution in [0, 0.1) is 0 Å². The Labute approximate surface area is 92.6 Å². The van der Waals surface area contributed by atoms with Crippen LogP contribution in [-0.2, 0) is 6.42 Å². The number of rotatable bonds is 3. The Bertz CT molecular complexity index is 476. The molecule has 0 aliphatic carbocycles. The van der Waals surface area contributed by atoms with Gasteiger partial charge < -0.3 is 0 Å². The van der Waals surface area contributed by atoms with Crippen LogP contribution < -0.4 is 0 Å². The Morgan fingerprint density at radius 3 is 2.87 bits per heavy atom. The van der Waals surface area contributed by atoms with E-state index in [1.165, 1.54) is 16.9 Å². The molecule has 0 atom stereocenters. The summed E-state index contributed by atoms with van der Waals surface area (Å²) in [5.41, 5.74) is 2.40. The number of aromatic nitrogens is 1. The molecule has 15 heavy (non-hydrogen) atoms. The van der Waals surface area contributed by atoms with E-state index in [2.05, 4.69) is 18.0 Å². The predicted octanol–water partition coefficient (Wildman–Crippen LogP) is 3.19. The van der Waals surface area contributed by atoms with Gasteiger partial charge in [0.15, 0.2) is 6.29 Å². The Kier molecular flexibility index (Phi) is 2.92. The lowest BCUT2D eigenvalue weighted by Crippen LogP contribution is -1.85. The van der Waals surface area contributed by atoms with Gasteiger partial charge in [0.25, 0.3) is 0 Å². The number of hydrogen-bond donors (Lipinski definition) is 0. The first-order valence-electron chi connectivity index (χ1n) is 4.84. The summed E-state index contributed by atoms with van der Waals surface area (Å²) < 4.78 is 0. The average Bonchev–Trinajstić information content (AvgIpc) is 2.77. The molecule has 1 heterocycles. The summed E-state index contributed by atoms with van der Waals surface area (Å²) in [4.78, 5) is 15.5. The second kappa shape index (κ2) is 4.36. The smallest absolute Gasteiger partial charge is 0.161 e. The van der Waals surface area contributed by atoms with Crippen molar-refractivity contribution in [3.05, 3.63) is 40.9 Å². The van der Waals surface area contributed by atoms with Crippen molar-refractivity contribution < 1.29 is 4.79 Å². The number of aryl methyl sites for hydroxylation is 1. The summed E-state index contributed by atoms with van der Waals surface area (Å²) in [5.74, 6) is 0. The van der Waals surface area contributed by atoms with E-state index in [-0.39, 0.29) is 0 Å². The zero-order valence-corrected chi connectivity index (χ0v) is 9.25. The van der Waals surface area contributed by atoms with Crippen molar-refractivity contribution in [3.8, 4) is 10.6 Å². The van der Waals surface area contributed by atoms with E-state index in [0.29, 0.717) is 4.88 Å². The van der Waals surface area contributed by atoms with E-state index < -0.39 is 0 Å². The van der Waals surface area contributed by atoms with Crippen molar-refractivity contribution in [1.29, 1.82) is 0 Å². The van der Waals surface area contributed by atoms with Crippen LogP contribution in [0.3, 0.4) is 0 Å². The Hall–Kier alpha value is -1.48. The van der Waals surface area contributed by atoms with E-state index in [0.717, 1.165) is 23.3 Å². The van der Waals surface area contributed by atoms with Crippen LogP contribution in [0.15, 0.2) is 30.5 Å². The maximum atomic E-state index is 10.6. The largest absolute Gasteiger partial charge is 0.297 e. The summed E-state index contributed by atoms with van der Waals surface area (Å²) in [6.45, 7) is 2.12. The van der Waals surface area contributed by atoms with Gasteiger partial charge in [-0.05, 0) is 12.0 Å². The van der Waals surface area contributed by atoms with Crippen molar-refractivity contribution >= 4 is 17.6 Å². The van der Waals surface area contributed by atoms with Crippen LogP contribution in [0.1, 0.15) is 22.2 Å². The third kappa shape index (κ3) is 1.97. The summed E-state index contributed by atoms with van der Waals surface area (Å²) in [7, 11) is 0. The fourth-order valence-corrected chi connectivity index (χ4v) is 2.29. The van der Waals surface area contributed by atoms with Gasteiger partial charge in [0.2, 0.25) is 0 Å². The lowest BCUT2D eigenvalue weighted by atomic mass is 10.1. The summed E-state index contributed by atoms with van der Waals surface area (Å²) in [6, 6.07) is 8.16. The molecule has 2 aromatic rings. The van der Waals surface area contributed by atoms with Crippen molar-refractivity contribution in [2.45, 2.75) is 13.3 Å². The number of aldehydes is 1. The van der Waals surface area contributed by atoms with Gasteiger partial charge in [-0.15, -0.1) is 11.3 Å². The Morgan fingerprint density at radius 2 is 2.20 bits per heavy atom. The number of carbonyl (C=O) groups excluding carboxylic acids is 1. The quantitative estimate of drug-likeness (QED) is 0.739. The third-order valence-electron chi connectivity index (χ3n) is 2.27. The SMILES string of the molecule is CCc1ccccc1-c1ncc(C=O)s1. The third-order valence-corrected chi connectivity index (χ3v) is 3.22. The molecule has 0 saturated heterocycles. The van der Waals surface area contributed by atoms with Crippen LogP contribution in [-0.4, -0.2) is 11.3 Å². The monoisotopic (exact) mass is 217 g/mol. The minimum Gasteiger partial charge on any atom is -0.297 e. The normalized spacial score (nSPS) is 10.2. The molecular weight excluding hydrogens is 206 g/mol. The first kappa shape index (κ1) is 10.1. The first-order valence-corrected chi connectivity index (χ1v) is 5.66. The lowest BCUT2D eigenvalue weighted by molar-refractivity contribution is 0.112. The summed E-state index contributed by atoms with van der Waals surface area (Å²) in [6.07, 6.45) is 3.45. The second-order valence-corrected chi connectivity index (χ2v) is 4.26. The van der Waals surface area contributed by atoms with Gasteiger partial charge in [-0.25, -0.2) is 4.98 Å². The zero-order chi connectivity index (χ0) is 10.7. The van der Waals surface area contributed by atoms with E-state index in [1.807, 2.05) is 18.2 Å². The average molecular weight is 217 g/mol. The van der Waals surface area contributed by atoms with Crippen molar-refractivity contribution in [2.75, 3.05) is 0 Å². The molecule has 3 heteroatoms. The van der Waals surface area contributed by atoms with E-state index >= 15 is 0 Å². The molecule has 2 nitrogen and oxygen atoms in total. The van der Waals surface area contributed by atoms with Gasteiger partial charge >= 0.3 is 0 Å². The highest BCUT2D eigenvalue weighted by atomic mass is 32.1. The van der Waals surface area contributed by atoms with Gasteiger partial charge in [0.05, 0.1) is 4.88 Å². The topological polar surface area (TPSA) is 30.0 Å². The van der Waals surface area contributed by atoms with E-state index in [1.54, 1.807) is 6.20 Å². The summed E-state index contributed by atoms with van der Waals surface area (Å²) >= 11 is 1.44. The highest BCUT2D eigenvalue weighted by molar-refractivity contribution is 7.16. The molecular formula is C12H11NOS. The zero-order valence-electron chi connectivity index (χ0n) is 8.43. The van der Waals surface area contributed by atoms with E-state index in [4.69, 9.17) is 0 Å². The van der Waals surface area contributed by atoms with Gasteiger partial charge in [-0.2, -0.15) is 0 Å². The lowest BCUT2D eigenvalue weighted by Gasteiger charge is -2.02. The van der Waals surface area contributed by atoms with Gasteiger partial charge in [-0.3, -0.25) is 4.79 Å². The van der Waals surface area contributed by atoms with Crippen molar-refractivity contribution in [2.24, 2.45) is 0 Å². The molecule has 0 aliphatic heterocycles. The summed E-state index contributed by atoms with van der Waals surface area (Å²) in [5, 5.41) is 0.926. The maximum absolute atomic E-state index is 10.6. The van der Waals surface area contributed by atoms with Crippen LogP contribution in [0.5, 0.6) is 0 Å². The molecule has 0 radical (unpaired) electrons. The first-order chi connectivity index (χ1) is 7.35. The van der Waals surface area contributed by atoms with Crippen LogP contribution >= 0.6 is 11.3 Å². The van der Waals surface area contributed by atoms with Gasteiger partial charge in [0, 0.05) is 11.8 Å². The molecule has 76 valence electrons. The van der Waals surface area contributed by atoms with Crippen LogP contribution in [0.2, 0.25) is 0 Å². The highest BCUT2D eigenvalue weighted by Gasteiger charge is 2.07. The molecule has 0 fully saturated rings. The number of thiazole rings is 1. The number of nitrogens with zero attached hydrogens (tertiary/aromatic N) is 1. The predicted molar refractivity (Wildman–Crippen MR) is 62.3 cm³/mol. The number of benzene rings is 1. The molecule has 0 unspecified atom stereocenters. The highest BCUT2D eigenvalue weighted by Crippen LogP contribution is 2.27. The van der Waals surface area contributed by atoms with Gasteiger partial charge in [-0.1, -0.05) is 31.2 Å². The van der Waals surface area contributed by atoms with Crippen molar-refractivity contribution in [3.63, 3.8) is 0 Å². The maximum Gasteiger partial charge on any atom is 0.161 e. The van der Waals surface area contributed by atoms with E-state index in [9.17, 15) is 4.79 Å². The molecule has 1 aromatic heterocycles. The van der Waals surface area contributed by atoms with Crippen LogP contribution in [0.4, 0.5) is 0 Å². The Balaban J connectivity index is 2.48. The fraction of sp³-hybridized carbons (Fsp3) is 0.167. The molecule has 1 aromatic carbocycles. The van der Waals surface area contributed by atoms with Crippen molar-refractivity contribution in [1.82, 2.24) is 4.98 Å². The molecule has 0 spiro atoms. The molecule has 0 amide bonds. The number of hydrogen-bond acceptors (Lipinski definition) is 3. The number of carbonyl (C=O) groups is 1. The van der Waals surface area contributed by atoms with Gasteiger partial charge in [0.1, 0.15) is 5.01 Å². The molecule has 0 N–H and O–H groups in total.